The van der Waals surface area contributed by atoms with E-state index < -0.39 is 0 Å². The minimum absolute atomic E-state index is 0.595. The van der Waals surface area contributed by atoms with Gasteiger partial charge in [-0.15, -0.1) is 10.2 Å². The Balaban J connectivity index is 2.10. The molecular weight excluding hydrogens is 254 g/mol. The standard InChI is InChI=1S/C12H14ClN3S/c1-8(2)7-14-12-16-15-11(17-12)9-3-5-10(13)6-4-9/h3-6,8H,7H2,1-2H3,(H,14,16). The monoisotopic (exact) mass is 267 g/mol. The molecule has 5 heteroatoms. The molecular formula is C12H14ClN3S. The van der Waals surface area contributed by atoms with Crippen LogP contribution in [-0.2, 0) is 0 Å². The lowest BCUT2D eigenvalue weighted by molar-refractivity contribution is 0.687. The molecule has 1 heterocycles. The van der Waals surface area contributed by atoms with Gasteiger partial charge in [0, 0.05) is 17.1 Å². The SMILES string of the molecule is CC(C)CNc1nnc(-c2ccc(Cl)cc2)s1. The van der Waals surface area contributed by atoms with E-state index in [1.165, 1.54) is 0 Å². The molecule has 17 heavy (non-hydrogen) atoms. The Morgan fingerprint density at radius 3 is 2.59 bits per heavy atom. The summed E-state index contributed by atoms with van der Waals surface area (Å²) in [6.07, 6.45) is 0. The first-order chi connectivity index (χ1) is 8.15. The van der Waals surface area contributed by atoms with Crippen molar-refractivity contribution in [1.82, 2.24) is 10.2 Å². The van der Waals surface area contributed by atoms with Crippen molar-refractivity contribution < 1.29 is 0 Å². The molecule has 0 aliphatic heterocycles. The molecule has 90 valence electrons. The van der Waals surface area contributed by atoms with Gasteiger partial charge in [-0.2, -0.15) is 0 Å². The van der Waals surface area contributed by atoms with Crippen LogP contribution in [0.1, 0.15) is 13.8 Å². The zero-order chi connectivity index (χ0) is 12.3. The summed E-state index contributed by atoms with van der Waals surface area (Å²) in [5, 5.41) is 14.0. The van der Waals surface area contributed by atoms with E-state index in [0.717, 1.165) is 27.3 Å². The molecule has 0 bridgehead atoms. The predicted octanol–water partition coefficient (Wildman–Crippen LogP) is 3.93. The molecule has 1 aromatic heterocycles. The molecule has 0 amide bonds. The quantitative estimate of drug-likeness (QED) is 0.912. The number of nitrogens with zero attached hydrogens (tertiary/aromatic N) is 2. The number of rotatable bonds is 4. The first kappa shape index (κ1) is 12.3. The molecule has 0 aliphatic carbocycles. The highest BCUT2D eigenvalue weighted by Crippen LogP contribution is 2.27. The summed E-state index contributed by atoms with van der Waals surface area (Å²) in [5.41, 5.74) is 1.05. The predicted molar refractivity (Wildman–Crippen MR) is 73.7 cm³/mol. The Kier molecular flexibility index (Phi) is 3.97. The van der Waals surface area contributed by atoms with Crippen molar-refractivity contribution in [3.8, 4) is 10.6 Å². The lowest BCUT2D eigenvalue weighted by Crippen LogP contribution is -2.07. The number of benzene rings is 1. The lowest BCUT2D eigenvalue weighted by Gasteiger charge is -2.03. The average Bonchev–Trinajstić information content (AvgIpc) is 2.76. The minimum atomic E-state index is 0.595. The first-order valence-electron chi connectivity index (χ1n) is 5.48. The maximum atomic E-state index is 5.84. The van der Waals surface area contributed by atoms with Crippen LogP contribution >= 0.6 is 22.9 Å². The molecule has 3 nitrogen and oxygen atoms in total. The Hall–Kier alpha value is -1.13. The summed E-state index contributed by atoms with van der Waals surface area (Å²) in [7, 11) is 0. The molecule has 0 spiro atoms. The number of hydrogen-bond acceptors (Lipinski definition) is 4. The van der Waals surface area contributed by atoms with E-state index >= 15 is 0 Å². The van der Waals surface area contributed by atoms with Crippen LogP contribution in [0, 0.1) is 5.92 Å². The molecule has 0 radical (unpaired) electrons. The van der Waals surface area contributed by atoms with Crippen LogP contribution in [-0.4, -0.2) is 16.7 Å². The van der Waals surface area contributed by atoms with Crippen molar-refractivity contribution in [1.29, 1.82) is 0 Å². The molecule has 0 saturated carbocycles. The van der Waals surface area contributed by atoms with Gasteiger partial charge in [0.15, 0.2) is 0 Å². The smallest absolute Gasteiger partial charge is 0.206 e. The van der Waals surface area contributed by atoms with E-state index in [1.54, 1.807) is 11.3 Å². The van der Waals surface area contributed by atoms with Gasteiger partial charge in [-0.05, 0) is 18.1 Å². The Morgan fingerprint density at radius 1 is 1.24 bits per heavy atom. The molecule has 0 unspecified atom stereocenters. The molecule has 1 aromatic carbocycles. The van der Waals surface area contributed by atoms with Crippen molar-refractivity contribution in [2.24, 2.45) is 5.92 Å². The Bertz CT molecular complexity index is 479. The number of halogens is 1. The zero-order valence-electron chi connectivity index (χ0n) is 9.77. The van der Waals surface area contributed by atoms with Gasteiger partial charge < -0.3 is 5.32 Å². The third-order valence-corrected chi connectivity index (χ3v) is 3.36. The number of aromatic nitrogens is 2. The fourth-order valence-corrected chi connectivity index (χ4v) is 2.18. The first-order valence-corrected chi connectivity index (χ1v) is 6.68. The van der Waals surface area contributed by atoms with Crippen molar-refractivity contribution >= 4 is 28.1 Å². The fraction of sp³-hybridized carbons (Fsp3) is 0.333. The van der Waals surface area contributed by atoms with Gasteiger partial charge in [0.1, 0.15) is 5.01 Å². The maximum Gasteiger partial charge on any atom is 0.206 e. The minimum Gasteiger partial charge on any atom is -0.360 e. The molecule has 0 fully saturated rings. The topological polar surface area (TPSA) is 37.8 Å². The normalized spacial score (nSPS) is 10.8. The van der Waals surface area contributed by atoms with Crippen molar-refractivity contribution in [2.75, 3.05) is 11.9 Å². The van der Waals surface area contributed by atoms with Crippen molar-refractivity contribution in [3.05, 3.63) is 29.3 Å². The van der Waals surface area contributed by atoms with Gasteiger partial charge in [0.2, 0.25) is 5.13 Å². The molecule has 0 aliphatic rings. The second-order valence-electron chi connectivity index (χ2n) is 4.19. The summed E-state index contributed by atoms with van der Waals surface area (Å²) < 4.78 is 0. The molecule has 1 N–H and O–H groups in total. The van der Waals surface area contributed by atoms with E-state index in [1.807, 2.05) is 24.3 Å². The molecule has 2 aromatic rings. The summed E-state index contributed by atoms with van der Waals surface area (Å²) in [6.45, 7) is 5.23. The lowest BCUT2D eigenvalue weighted by atomic mass is 10.2. The van der Waals surface area contributed by atoms with Gasteiger partial charge in [0.25, 0.3) is 0 Å². The number of nitrogens with one attached hydrogen (secondary N) is 1. The van der Waals surface area contributed by atoms with Crippen LogP contribution in [0.2, 0.25) is 5.02 Å². The van der Waals surface area contributed by atoms with Crippen LogP contribution in [0.4, 0.5) is 5.13 Å². The Labute approximate surface area is 110 Å². The summed E-state index contributed by atoms with van der Waals surface area (Å²) in [5.74, 6) is 0.595. The van der Waals surface area contributed by atoms with Crippen LogP contribution in [0.3, 0.4) is 0 Å². The third-order valence-electron chi connectivity index (χ3n) is 2.18. The van der Waals surface area contributed by atoms with E-state index in [0.29, 0.717) is 5.92 Å². The van der Waals surface area contributed by atoms with E-state index in [4.69, 9.17) is 11.6 Å². The van der Waals surface area contributed by atoms with Crippen LogP contribution in [0.25, 0.3) is 10.6 Å². The van der Waals surface area contributed by atoms with E-state index in [2.05, 4.69) is 29.4 Å². The maximum absolute atomic E-state index is 5.84. The summed E-state index contributed by atoms with van der Waals surface area (Å²) in [4.78, 5) is 0. The molecule has 2 rings (SSSR count). The third kappa shape index (κ3) is 3.41. The van der Waals surface area contributed by atoms with Crippen molar-refractivity contribution in [3.63, 3.8) is 0 Å². The van der Waals surface area contributed by atoms with Gasteiger partial charge in [-0.1, -0.05) is 48.9 Å². The molecule has 0 saturated heterocycles. The van der Waals surface area contributed by atoms with Crippen LogP contribution < -0.4 is 5.32 Å². The van der Waals surface area contributed by atoms with Crippen molar-refractivity contribution in [2.45, 2.75) is 13.8 Å². The van der Waals surface area contributed by atoms with Gasteiger partial charge in [-0.3, -0.25) is 0 Å². The van der Waals surface area contributed by atoms with Gasteiger partial charge in [-0.25, -0.2) is 0 Å². The number of hydrogen-bond donors (Lipinski definition) is 1. The highest BCUT2D eigenvalue weighted by atomic mass is 35.5. The number of anilines is 1. The van der Waals surface area contributed by atoms with E-state index in [9.17, 15) is 0 Å². The van der Waals surface area contributed by atoms with Crippen LogP contribution in [0.5, 0.6) is 0 Å². The highest BCUT2D eigenvalue weighted by Gasteiger charge is 2.06. The average molecular weight is 268 g/mol. The van der Waals surface area contributed by atoms with Gasteiger partial charge >= 0.3 is 0 Å². The molecule has 0 atom stereocenters. The second kappa shape index (κ2) is 5.47. The largest absolute Gasteiger partial charge is 0.360 e. The second-order valence-corrected chi connectivity index (χ2v) is 5.61. The van der Waals surface area contributed by atoms with Crippen LogP contribution in [0.15, 0.2) is 24.3 Å². The fourth-order valence-electron chi connectivity index (χ4n) is 1.30. The zero-order valence-corrected chi connectivity index (χ0v) is 11.3. The highest BCUT2D eigenvalue weighted by molar-refractivity contribution is 7.18. The Morgan fingerprint density at radius 2 is 1.94 bits per heavy atom. The summed E-state index contributed by atoms with van der Waals surface area (Å²) in [6, 6.07) is 7.63. The van der Waals surface area contributed by atoms with E-state index in [-0.39, 0.29) is 0 Å². The summed E-state index contributed by atoms with van der Waals surface area (Å²) >= 11 is 7.40. The van der Waals surface area contributed by atoms with Gasteiger partial charge in [0.05, 0.1) is 0 Å².